The normalized spacial score (nSPS) is 18.3. The summed E-state index contributed by atoms with van der Waals surface area (Å²) in [5.41, 5.74) is 9.92. The predicted octanol–water partition coefficient (Wildman–Crippen LogP) is 3.84. The monoisotopic (exact) mass is 425 g/mol. The third-order valence-electron chi connectivity index (χ3n) is 6.61. The number of nitrogens with two attached hydrogens (primary N) is 1. The fourth-order valence-electron chi connectivity index (χ4n) is 4.54. The number of rotatable bonds is 4. The standard InChI is InChI=1S/C25H27N7/c1-16(31-12-11-19(27)14-31)18-8-10-22-29-30-24(32(22)13-18)21-9-7-17-5-4-6-20(23(17)28-21)25(2,3)15-26/h4-10,13,16,19H,11-12,14,27H2,1-3H3/t16-,19-/m0/s1. The Hall–Kier alpha value is -3.34. The molecule has 2 N–H and O–H groups in total. The Labute approximate surface area is 187 Å². The smallest absolute Gasteiger partial charge is 0.187 e. The second-order valence-corrected chi connectivity index (χ2v) is 9.24. The zero-order valence-corrected chi connectivity index (χ0v) is 18.7. The second-order valence-electron chi connectivity index (χ2n) is 9.24. The van der Waals surface area contributed by atoms with Crippen molar-refractivity contribution in [2.45, 2.75) is 44.7 Å². The highest BCUT2D eigenvalue weighted by Crippen LogP contribution is 2.31. The van der Waals surface area contributed by atoms with E-state index in [0.717, 1.165) is 47.3 Å². The number of hydrogen-bond acceptors (Lipinski definition) is 6. The van der Waals surface area contributed by atoms with Crippen LogP contribution in [-0.4, -0.2) is 43.6 Å². The van der Waals surface area contributed by atoms with Crippen molar-refractivity contribution in [3.8, 4) is 17.6 Å². The minimum absolute atomic E-state index is 0.250. The van der Waals surface area contributed by atoms with Crippen LogP contribution in [0.15, 0.2) is 48.7 Å². The number of pyridine rings is 2. The highest BCUT2D eigenvalue weighted by molar-refractivity contribution is 5.85. The number of fused-ring (bicyclic) bond motifs is 2. The van der Waals surface area contributed by atoms with Gasteiger partial charge in [0.2, 0.25) is 0 Å². The lowest BCUT2D eigenvalue weighted by Gasteiger charge is -2.24. The summed E-state index contributed by atoms with van der Waals surface area (Å²) >= 11 is 0. The molecular formula is C25H27N7. The lowest BCUT2D eigenvalue weighted by Crippen LogP contribution is -2.28. The molecule has 4 aromatic rings. The summed E-state index contributed by atoms with van der Waals surface area (Å²) in [6.07, 6.45) is 3.14. The van der Waals surface area contributed by atoms with Gasteiger partial charge in [0.05, 0.1) is 17.0 Å². The van der Waals surface area contributed by atoms with Crippen molar-refractivity contribution < 1.29 is 0 Å². The van der Waals surface area contributed by atoms with E-state index in [1.54, 1.807) is 0 Å². The van der Waals surface area contributed by atoms with E-state index in [1.165, 1.54) is 5.56 Å². The van der Waals surface area contributed by atoms with E-state index in [4.69, 9.17) is 10.7 Å². The zero-order valence-electron chi connectivity index (χ0n) is 18.7. The van der Waals surface area contributed by atoms with Crippen LogP contribution >= 0.6 is 0 Å². The van der Waals surface area contributed by atoms with Crippen LogP contribution in [0, 0.1) is 11.3 Å². The number of nitrogens with zero attached hydrogens (tertiary/aromatic N) is 6. The average molecular weight is 426 g/mol. The molecule has 3 aromatic heterocycles. The number of aromatic nitrogens is 4. The summed E-state index contributed by atoms with van der Waals surface area (Å²) in [5.74, 6) is 0.693. The van der Waals surface area contributed by atoms with Crippen LogP contribution in [0.3, 0.4) is 0 Å². The Bertz CT molecular complexity index is 1350. The van der Waals surface area contributed by atoms with Crippen molar-refractivity contribution >= 4 is 16.6 Å². The first-order chi connectivity index (χ1) is 15.4. The molecule has 1 aromatic carbocycles. The first kappa shape index (κ1) is 20.6. The molecule has 1 saturated heterocycles. The van der Waals surface area contributed by atoms with Crippen LogP contribution in [0.4, 0.5) is 0 Å². The SMILES string of the molecule is C[C@@H](c1ccc2nnc(-c3ccc4cccc(C(C)(C)C#N)c4n3)n2c1)N1CC[C@H](N)C1. The van der Waals surface area contributed by atoms with E-state index in [9.17, 15) is 5.26 Å². The lowest BCUT2D eigenvalue weighted by molar-refractivity contribution is 0.259. The molecule has 2 atom stereocenters. The molecule has 32 heavy (non-hydrogen) atoms. The first-order valence-corrected chi connectivity index (χ1v) is 11.0. The van der Waals surface area contributed by atoms with Gasteiger partial charge in [-0.15, -0.1) is 10.2 Å². The molecule has 0 unspecified atom stereocenters. The van der Waals surface area contributed by atoms with E-state index in [2.05, 4.69) is 40.4 Å². The van der Waals surface area contributed by atoms with Gasteiger partial charge in [0.1, 0.15) is 5.69 Å². The summed E-state index contributed by atoms with van der Waals surface area (Å²) in [4.78, 5) is 7.36. The Morgan fingerprint density at radius 1 is 1.16 bits per heavy atom. The van der Waals surface area contributed by atoms with E-state index in [-0.39, 0.29) is 12.1 Å². The lowest BCUT2D eigenvalue weighted by atomic mass is 9.85. The Balaban J connectivity index is 1.60. The van der Waals surface area contributed by atoms with Crippen molar-refractivity contribution in [2.24, 2.45) is 5.73 Å². The number of hydrogen-bond donors (Lipinski definition) is 1. The molecule has 0 bridgehead atoms. The third-order valence-corrected chi connectivity index (χ3v) is 6.61. The number of likely N-dealkylation sites (tertiary alicyclic amines) is 1. The zero-order chi connectivity index (χ0) is 22.5. The van der Waals surface area contributed by atoms with Crippen molar-refractivity contribution in [3.05, 3.63) is 59.8 Å². The van der Waals surface area contributed by atoms with E-state index in [1.807, 2.05) is 54.6 Å². The summed E-state index contributed by atoms with van der Waals surface area (Å²) in [6.45, 7) is 7.98. The Morgan fingerprint density at radius 3 is 2.75 bits per heavy atom. The third kappa shape index (κ3) is 3.42. The number of para-hydroxylation sites is 1. The molecule has 162 valence electrons. The van der Waals surface area contributed by atoms with E-state index < -0.39 is 5.41 Å². The van der Waals surface area contributed by atoms with Crippen molar-refractivity contribution in [1.82, 2.24) is 24.5 Å². The van der Waals surface area contributed by atoms with E-state index in [0.29, 0.717) is 5.82 Å². The average Bonchev–Trinajstić information content (AvgIpc) is 3.43. The van der Waals surface area contributed by atoms with Crippen LogP contribution in [0.1, 0.15) is 44.4 Å². The molecule has 4 heterocycles. The fourth-order valence-corrected chi connectivity index (χ4v) is 4.54. The van der Waals surface area contributed by atoms with Gasteiger partial charge in [0, 0.05) is 36.8 Å². The molecule has 0 aliphatic carbocycles. The molecule has 7 nitrogen and oxygen atoms in total. The van der Waals surface area contributed by atoms with Crippen LogP contribution in [0.5, 0.6) is 0 Å². The highest BCUT2D eigenvalue weighted by Gasteiger charge is 2.26. The molecule has 0 saturated carbocycles. The van der Waals surface area contributed by atoms with Crippen LogP contribution < -0.4 is 5.73 Å². The quantitative estimate of drug-likeness (QED) is 0.534. The van der Waals surface area contributed by atoms with Gasteiger partial charge in [-0.1, -0.05) is 30.3 Å². The fraction of sp³-hybridized carbons (Fsp3) is 0.360. The summed E-state index contributed by atoms with van der Waals surface area (Å²) in [5, 5.41) is 19.5. The van der Waals surface area contributed by atoms with Crippen LogP contribution in [-0.2, 0) is 5.41 Å². The minimum atomic E-state index is -0.642. The van der Waals surface area contributed by atoms with Gasteiger partial charge in [-0.05, 0) is 50.5 Å². The summed E-state index contributed by atoms with van der Waals surface area (Å²) in [7, 11) is 0. The van der Waals surface area contributed by atoms with Crippen LogP contribution in [0.2, 0.25) is 0 Å². The molecule has 1 fully saturated rings. The Kier molecular flexibility index (Phi) is 4.92. The van der Waals surface area contributed by atoms with Crippen molar-refractivity contribution in [2.75, 3.05) is 13.1 Å². The van der Waals surface area contributed by atoms with Crippen LogP contribution in [0.25, 0.3) is 28.1 Å². The predicted molar refractivity (Wildman–Crippen MR) is 125 cm³/mol. The highest BCUT2D eigenvalue weighted by atomic mass is 15.3. The minimum Gasteiger partial charge on any atom is -0.326 e. The maximum atomic E-state index is 9.67. The molecule has 5 rings (SSSR count). The molecule has 7 heteroatoms. The van der Waals surface area contributed by atoms with Gasteiger partial charge in [-0.3, -0.25) is 9.30 Å². The molecule has 1 aliphatic heterocycles. The second kappa shape index (κ2) is 7.66. The van der Waals surface area contributed by atoms with Crippen molar-refractivity contribution in [3.63, 3.8) is 0 Å². The maximum Gasteiger partial charge on any atom is 0.187 e. The van der Waals surface area contributed by atoms with Gasteiger partial charge in [0.15, 0.2) is 11.5 Å². The number of nitriles is 1. The summed E-state index contributed by atoms with van der Waals surface area (Å²) in [6, 6.07) is 17.0. The summed E-state index contributed by atoms with van der Waals surface area (Å²) < 4.78 is 2.01. The number of benzene rings is 1. The largest absolute Gasteiger partial charge is 0.326 e. The van der Waals surface area contributed by atoms with Gasteiger partial charge in [0.25, 0.3) is 0 Å². The first-order valence-electron chi connectivity index (χ1n) is 11.0. The molecule has 0 radical (unpaired) electrons. The van der Waals surface area contributed by atoms with Gasteiger partial charge in [-0.2, -0.15) is 5.26 Å². The molecule has 1 aliphatic rings. The van der Waals surface area contributed by atoms with Gasteiger partial charge >= 0.3 is 0 Å². The molecule has 0 spiro atoms. The molecule has 0 amide bonds. The topological polar surface area (TPSA) is 96.1 Å². The van der Waals surface area contributed by atoms with Crippen molar-refractivity contribution in [1.29, 1.82) is 5.26 Å². The maximum absolute atomic E-state index is 9.67. The van der Waals surface area contributed by atoms with Gasteiger partial charge < -0.3 is 5.73 Å². The van der Waals surface area contributed by atoms with Gasteiger partial charge in [-0.25, -0.2) is 4.98 Å². The molecular weight excluding hydrogens is 398 g/mol. The Morgan fingerprint density at radius 2 is 2.00 bits per heavy atom. The van der Waals surface area contributed by atoms with E-state index >= 15 is 0 Å².